The average Bonchev–Trinajstić information content (AvgIpc) is 3.46. The lowest BCUT2D eigenvalue weighted by atomic mass is 10.0. The normalized spacial score (nSPS) is 12.8. The molecule has 8 nitrogen and oxygen atoms in total. The summed E-state index contributed by atoms with van der Waals surface area (Å²) < 4.78 is 16.2. The second-order valence-electron chi connectivity index (χ2n) is 8.40. The van der Waals surface area contributed by atoms with Crippen LogP contribution >= 0.6 is 0 Å². The highest BCUT2D eigenvalue weighted by Gasteiger charge is 2.24. The molecule has 0 N–H and O–H groups in total. The van der Waals surface area contributed by atoms with Crippen LogP contribution in [0.1, 0.15) is 22.3 Å². The number of rotatable bonds is 7. The Hall–Kier alpha value is -4.72. The lowest BCUT2D eigenvalue weighted by molar-refractivity contribution is -0.134. The SMILES string of the molecule is COc1ccc(-c2cc(C(=O)OCC(=O)N3CCC(c4ccccc4)=N3)c3ccccc3n2)cc1OC. The van der Waals surface area contributed by atoms with Crippen molar-refractivity contribution in [3.05, 3.63) is 90.0 Å². The maximum Gasteiger partial charge on any atom is 0.339 e. The van der Waals surface area contributed by atoms with E-state index < -0.39 is 12.6 Å². The third-order valence-corrected chi connectivity index (χ3v) is 6.14. The van der Waals surface area contributed by atoms with Crippen LogP contribution in [0.5, 0.6) is 11.5 Å². The molecule has 2 heterocycles. The van der Waals surface area contributed by atoms with Crippen LogP contribution < -0.4 is 9.47 Å². The smallest absolute Gasteiger partial charge is 0.339 e. The summed E-state index contributed by atoms with van der Waals surface area (Å²) in [7, 11) is 3.12. The first kappa shape index (κ1) is 24.0. The van der Waals surface area contributed by atoms with Crippen LogP contribution in [0.15, 0.2) is 84.0 Å². The first-order chi connectivity index (χ1) is 18.1. The van der Waals surface area contributed by atoms with Gasteiger partial charge in [0.05, 0.1) is 43.3 Å². The monoisotopic (exact) mass is 495 g/mol. The number of amides is 1. The van der Waals surface area contributed by atoms with Crippen molar-refractivity contribution in [2.45, 2.75) is 6.42 Å². The van der Waals surface area contributed by atoms with E-state index >= 15 is 0 Å². The summed E-state index contributed by atoms with van der Waals surface area (Å²) in [4.78, 5) is 30.6. The number of fused-ring (bicyclic) bond motifs is 1. The molecule has 8 heteroatoms. The van der Waals surface area contributed by atoms with E-state index in [1.165, 1.54) is 5.01 Å². The zero-order chi connectivity index (χ0) is 25.8. The number of para-hydroxylation sites is 1. The molecule has 0 bridgehead atoms. The first-order valence-electron chi connectivity index (χ1n) is 11.8. The van der Waals surface area contributed by atoms with Crippen molar-refractivity contribution < 1.29 is 23.8 Å². The van der Waals surface area contributed by atoms with Gasteiger partial charge >= 0.3 is 5.97 Å². The molecule has 0 aliphatic carbocycles. The highest BCUT2D eigenvalue weighted by molar-refractivity contribution is 6.05. The van der Waals surface area contributed by atoms with E-state index in [2.05, 4.69) is 5.10 Å². The summed E-state index contributed by atoms with van der Waals surface area (Å²) in [5.41, 5.74) is 4.06. The Morgan fingerprint density at radius 2 is 1.62 bits per heavy atom. The van der Waals surface area contributed by atoms with Gasteiger partial charge in [-0.25, -0.2) is 14.8 Å². The number of hydrogen-bond acceptors (Lipinski definition) is 7. The number of carbonyl (C=O) groups is 2. The van der Waals surface area contributed by atoms with Gasteiger partial charge in [0.2, 0.25) is 0 Å². The fourth-order valence-electron chi connectivity index (χ4n) is 4.24. The van der Waals surface area contributed by atoms with Gasteiger partial charge in [0, 0.05) is 17.4 Å². The molecule has 0 fully saturated rings. The van der Waals surface area contributed by atoms with Gasteiger partial charge in [0.1, 0.15) is 0 Å². The molecule has 4 aromatic rings. The maximum atomic E-state index is 13.2. The maximum absolute atomic E-state index is 13.2. The Morgan fingerprint density at radius 1 is 0.865 bits per heavy atom. The molecule has 5 rings (SSSR count). The van der Waals surface area contributed by atoms with Crippen LogP contribution in [0, 0.1) is 0 Å². The molecular formula is C29H25N3O5. The lowest BCUT2D eigenvalue weighted by Crippen LogP contribution is -2.28. The lowest BCUT2D eigenvalue weighted by Gasteiger charge is -2.13. The van der Waals surface area contributed by atoms with Crippen LogP contribution in [-0.2, 0) is 9.53 Å². The van der Waals surface area contributed by atoms with Crippen LogP contribution in [0.4, 0.5) is 0 Å². The van der Waals surface area contributed by atoms with Gasteiger partial charge in [0.25, 0.3) is 5.91 Å². The van der Waals surface area contributed by atoms with Crippen molar-refractivity contribution in [1.29, 1.82) is 0 Å². The van der Waals surface area contributed by atoms with Crippen molar-refractivity contribution in [2.75, 3.05) is 27.4 Å². The third-order valence-electron chi connectivity index (χ3n) is 6.14. The predicted octanol–water partition coefficient (Wildman–Crippen LogP) is 4.71. The van der Waals surface area contributed by atoms with Gasteiger partial charge in [-0.2, -0.15) is 5.10 Å². The van der Waals surface area contributed by atoms with Crippen molar-refractivity contribution in [2.24, 2.45) is 5.10 Å². The van der Waals surface area contributed by atoms with E-state index in [4.69, 9.17) is 19.2 Å². The summed E-state index contributed by atoms with van der Waals surface area (Å²) in [5, 5.41) is 6.41. The largest absolute Gasteiger partial charge is 0.493 e. The minimum atomic E-state index is -0.611. The van der Waals surface area contributed by atoms with Crippen molar-refractivity contribution in [3.8, 4) is 22.8 Å². The van der Waals surface area contributed by atoms with E-state index in [1.54, 1.807) is 38.5 Å². The van der Waals surface area contributed by atoms with Crippen molar-refractivity contribution in [1.82, 2.24) is 9.99 Å². The summed E-state index contributed by atoms with van der Waals surface area (Å²) in [6.07, 6.45) is 0.646. The zero-order valence-electron chi connectivity index (χ0n) is 20.5. The van der Waals surface area contributed by atoms with E-state index in [1.807, 2.05) is 54.6 Å². The molecule has 0 spiro atoms. The molecular weight excluding hydrogens is 470 g/mol. The minimum absolute atomic E-state index is 0.318. The molecule has 1 aliphatic rings. The Balaban J connectivity index is 1.37. The number of carbonyl (C=O) groups excluding carboxylic acids is 2. The Bertz CT molecular complexity index is 1500. The standard InChI is InChI=1S/C29H25N3O5/c1-35-26-13-12-20(16-27(26)36-2)25-17-22(21-10-6-7-11-24(21)30-25)29(34)37-18-28(33)32-15-14-23(31-32)19-8-4-3-5-9-19/h3-13,16-17H,14-15,18H2,1-2H3. The average molecular weight is 496 g/mol. The van der Waals surface area contributed by atoms with Crippen LogP contribution in [0.3, 0.4) is 0 Å². The number of nitrogens with zero attached hydrogens (tertiary/aromatic N) is 3. The predicted molar refractivity (Wildman–Crippen MR) is 140 cm³/mol. The fraction of sp³-hybridized carbons (Fsp3) is 0.172. The number of hydrazone groups is 1. The van der Waals surface area contributed by atoms with E-state index in [-0.39, 0.29) is 5.91 Å². The second-order valence-corrected chi connectivity index (χ2v) is 8.40. The van der Waals surface area contributed by atoms with Gasteiger partial charge in [-0.3, -0.25) is 4.79 Å². The molecule has 0 radical (unpaired) electrons. The molecule has 0 atom stereocenters. The Kier molecular flexibility index (Phi) is 6.81. The highest BCUT2D eigenvalue weighted by Crippen LogP contribution is 2.33. The van der Waals surface area contributed by atoms with E-state index in [0.717, 1.165) is 16.8 Å². The molecule has 1 aromatic heterocycles. The quantitative estimate of drug-likeness (QED) is 0.345. The molecule has 3 aromatic carbocycles. The second kappa shape index (κ2) is 10.5. The number of pyridine rings is 1. The van der Waals surface area contributed by atoms with Gasteiger partial charge in [0.15, 0.2) is 18.1 Å². The van der Waals surface area contributed by atoms with Gasteiger partial charge in [-0.1, -0.05) is 48.5 Å². The van der Waals surface area contributed by atoms with Gasteiger partial charge < -0.3 is 14.2 Å². The first-order valence-corrected chi connectivity index (χ1v) is 11.8. The Morgan fingerprint density at radius 3 is 2.41 bits per heavy atom. The van der Waals surface area contributed by atoms with Crippen LogP contribution in [-0.4, -0.2) is 55.0 Å². The minimum Gasteiger partial charge on any atom is -0.493 e. The number of methoxy groups -OCH3 is 2. The highest BCUT2D eigenvalue weighted by atomic mass is 16.5. The number of hydrogen-bond donors (Lipinski definition) is 0. The summed E-state index contributed by atoms with van der Waals surface area (Å²) in [6, 6.07) is 24.1. The summed E-state index contributed by atoms with van der Waals surface area (Å²) in [6.45, 7) is 0.0367. The third kappa shape index (κ3) is 4.99. The molecule has 186 valence electrons. The van der Waals surface area contributed by atoms with Gasteiger partial charge in [-0.05, 0) is 35.9 Å². The van der Waals surface area contributed by atoms with E-state index in [0.29, 0.717) is 46.6 Å². The van der Waals surface area contributed by atoms with Gasteiger partial charge in [-0.15, -0.1) is 0 Å². The van der Waals surface area contributed by atoms with E-state index in [9.17, 15) is 9.59 Å². The number of benzene rings is 3. The van der Waals surface area contributed by atoms with Crippen molar-refractivity contribution >= 4 is 28.5 Å². The molecule has 0 saturated carbocycles. The molecule has 1 aliphatic heterocycles. The zero-order valence-corrected chi connectivity index (χ0v) is 20.5. The number of esters is 1. The Labute approximate surface area is 214 Å². The summed E-state index contributed by atoms with van der Waals surface area (Å²) in [5.74, 6) is 0.147. The van der Waals surface area contributed by atoms with Crippen molar-refractivity contribution in [3.63, 3.8) is 0 Å². The topological polar surface area (TPSA) is 90.3 Å². The number of aromatic nitrogens is 1. The van der Waals surface area contributed by atoms with Crippen LogP contribution in [0.25, 0.3) is 22.2 Å². The van der Waals surface area contributed by atoms with Crippen LogP contribution in [0.2, 0.25) is 0 Å². The summed E-state index contributed by atoms with van der Waals surface area (Å²) >= 11 is 0. The molecule has 0 saturated heterocycles. The molecule has 0 unspecified atom stereocenters. The number of ether oxygens (including phenoxy) is 3. The molecule has 37 heavy (non-hydrogen) atoms. The fourth-order valence-corrected chi connectivity index (χ4v) is 4.24. The molecule has 1 amide bonds.